The highest BCUT2D eigenvalue weighted by atomic mass is 16.5. The predicted octanol–water partition coefficient (Wildman–Crippen LogP) is 15.1. The van der Waals surface area contributed by atoms with Gasteiger partial charge in [-0.1, -0.05) is 197 Å². The van der Waals surface area contributed by atoms with E-state index in [0.29, 0.717) is 19.4 Å². The van der Waals surface area contributed by atoms with Crippen molar-refractivity contribution in [3.05, 3.63) is 48.6 Å². The molecule has 6 nitrogen and oxygen atoms in total. The summed E-state index contributed by atoms with van der Waals surface area (Å²) in [6.07, 6.45) is 59.7. The van der Waals surface area contributed by atoms with Gasteiger partial charge in [-0.15, -0.1) is 0 Å². The summed E-state index contributed by atoms with van der Waals surface area (Å²) in [6, 6.07) is -0.647. The molecule has 1 amide bonds. The number of allylic oxidation sites excluding steroid dienone is 7. The first-order valence-electron chi connectivity index (χ1n) is 25.4. The monoisotopic (exact) mass is 828 g/mol. The number of hydrogen-bond donors (Lipinski definition) is 3. The largest absolute Gasteiger partial charge is 0.466 e. The summed E-state index contributed by atoms with van der Waals surface area (Å²) in [5.74, 6) is -0.121. The lowest BCUT2D eigenvalue weighted by atomic mass is 10.1. The summed E-state index contributed by atoms with van der Waals surface area (Å²) in [6.45, 7) is 4.80. The number of aliphatic hydroxyl groups excluding tert-OH is 2. The smallest absolute Gasteiger partial charge is 0.305 e. The quantitative estimate of drug-likeness (QED) is 0.0323. The van der Waals surface area contributed by atoms with Crippen LogP contribution in [-0.4, -0.2) is 47.4 Å². The Morgan fingerprint density at radius 2 is 0.847 bits per heavy atom. The molecule has 6 heteroatoms. The molecule has 0 saturated heterocycles. The highest BCUT2D eigenvalue weighted by molar-refractivity contribution is 5.76. The van der Waals surface area contributed by atoms with E-state index >= 15 is 0 Å². The Hall–Kier alpha value is -2.18. The minimum absolute atomic E-state index is 0.0191. The molecule has 0 aromatic rings. The average Bonchev–Trinajstić information content (AvgIpc) is 3.24. The summed E-state index contributed by atoms with van der Waals surface area (Å²) >= 11 is 0. The first-order chi connectivity index (χ1) is 29.0. The molecule has 0 aliphatic rings. The van der Waals surface area contributed by atoms with Gasteiger partial charge in [0.15, 0.2) is 0 Å². The van der Waals surface area contributed by atoms with Crippen molar-refractivity contribution >= 4 is 11.9 Å². The van der Waals surface area contributed by atoms with E-state index in [4.69, 9.17) is 4.74 Å². The van der Waals surface area contributed by atoms with E-state index in [1.54, 1.807) is 6.08 Å². The van der Waals surface area contributed by atoms with Crippen LogP contribution in [0.5, 0.6) is 0 Å². The fraction of sp³-hybridized carbons (Fsp3) is 0.811. The van der Waals surface area contributed by atoms with Crippen molar-refractivity contribution in [2.24, 2.45) is 0 Å². The summed E-state index contributed by atoms with van der Waals surface area (Å²) in [7, 11) is 0. The lowest BCUT2D eigenvalue weighted by Gasteiger charge is -2.19. The van der Waals surface area contributed by atoms with Gasteiger partial charge in [0.25, 0.3) is 0 Å². The zero-order valence-electron chi connectivity index (χ0n) is 39.0. The Labute approximate surface area is 366 Å². The highest BCUT2D eigenvalue weighted by Crippen LogP contribution is 2.14. The second kappa shape index (κ2) is 48.5. The topological polar surface area (TPSA) is 95.9 Å². The van der Waals surface area contributed by atoms with E-state index in [1.807, 2.05) is 6.08 Å². The Kier molecular flexibility index (Phi) is 46.7. The van der Waals surface area contributed by atoms with Crippen LogP contribution in [0.4, 0.5) is 0 Å². The molecule has 0 saturated carbocycles. The van der Waals surface area contributed by atoms with Crippen LogP contribution >= 0.6 is 0 Å². The Morgan fingerprint density at radius 1 is 0.475 bits per heavy atom. The minimum atomic E-state index is -0.860. The maximum Gasteiger partial charge on any atom is 0.305 e. The van der Waals surface area contributed by atoms with Crippen LogP contribution in [0, 0.1) is 0 Å². The third-order valence-corrected chi connectivity index (χ3v) is 11.3. The van der Waals surface area contributed by atoms with Gasteiger partial charge >= 0.3 is 5.97 Å². The van der Waals surface area contributed by atoms with Gasteiger partial charge in [-0.25, -0.2) is 0 Å². The SMILES string of the molecule is CCCCC/C=C\C/C=C\CCCCCCCCCCCC(=O)OCCCCCCCC/C=C\CCCCCC(=O)NC(CO)C(O)/C=C/CCCCCCCCCC. The zero-order valence-corrected chi connectivity index (χ0v) is 39.0. The molecule has 0 radical (unpaired) electrons. The van der Waals surface area contributed by atoms with Gasteiger partial charge in [-0.05, 0) is 89.9 Å². The molecule has 2 atom stereocenters. The average molecular weight is 828 g/mol. The van der Waals surface area contributed by atoms with Gasteiger partial charge < -0.3 is 20.3 Å². The molecule has 0 spiro atoms. The number of ether oxygens (including phenoxy) is 1. The maximum atomic E-state index is 12.4. The summed E-state index contributed by atoms with van der Waals surface area (Å²) in [5, 5.41) is 22.9. The molecule has 3 N–H and O–H groups in total. The van der Waals surface area contributed by atoms with E-state index in [9.17, 15) is 19.8 Å². The van der Waals surface area contributed by atoms with Crippen molar-refractivity contribution in [1.29, 1.82) is 0 Å². The fourth-order valence-electron chi connectivity index (χ4n) is 7.36. The second-order valence-electron chi connectivity index (χ2n) is 17.1. The van der Waals surface area contributed by atoms with E-state index in [0.717, 1.165) is 77.0 Å². The molecule has 0 heterocycles. The first kappa shape index (κ1) is 56.8. The molecule has 0 rings (SSSR count). The van der Waals surface area contributed by atoms with Crippen molar-refractivity contribution in [3.8, 4) is 0 Å². The molecule has 0 fully saturated rings. The number of aliphatic hydroxyl groups is 2. The molecular weight excluding hydrogens is 731 g/mol. The number of hydrogen-bond acceptors (Lipinski definition) is 5. The van der Waals surface area contributed by atoms with E-state index in [2.05, 4.69) is 55.6 Å². The first-order valence-corrected chi connectivity index (χ1v) is 25.4. The zero-order chi connectivity index (χ0) is 43.0. The third kappa shape index (κ3) is 45.2. The maximum absolute atomic E-state index is 12.4. The minimum Gasteiger partial charge on any atom is -0.466 e. The van der Waals surface area contributed by atoms with Crippen molar-refractivity contribution in [2.45, 2.75) is 264 Å². The van der Waals surface area contributed by atoms with Crippen LogP contribution in [0.2, 0.25) is 0 Å². The Bertz CT molecular complexity index is 1000. The van der Waals surface area contributed by atoms with E-state index in [1.165, 1.54) is 148 Å². The van der Waals surface area contributed by atoms with Crippen LogP contribution in [0.1, 0.15) is 251 Å². The predicted molar refractivity (Wildman–Crippen MR) is 255 cm³/mol. The number of nitrogens with one attached hydrogen (secondary N) is 1. The number of amides is 1. The molecule has 0 aliphatic carbocycles. The number of carbonyl (C=O) groups is 2. The van der Waals surface area contributed by atoms with E-state index in [-0.39, 0.29) is 18.5 Å². The molecule has 344 valence electrons. The van der Waals surface area contributed by atoms with Crippen LogP contribution in [0.3, 0.4) is 0 Å². The molecule has 2 unspecified atom stereocenters. The van der Waals surface area contributed by atoms with Crippen LogP contribution in [-0.2, 0) is 14.3 Å². The normalized spacial score (nSPS) is 13.1. The van der Waals surface area contributed by atoms with Crippen LogP contribution in [0.15, 0.2) is 48.6 Å². The van der Waals surface area contributed by atoms with Gasteiger partial charge in [-0.2, -0.15) is 0 Å². The van der Waals surface area contributed by atoms with Gasteiger partial charge in [0.2, 0.25) is 5.91 Å². The van der Waals surface area contributed by atoms with Crippen molar-refractivity contribution in [3.63, 3.8) is 0 Å². The van der Waals surface area contributed by atoms with Gasteiger partial charge in [0, 0.05) is 12.8 Å². The number of unbranched alkanes of at least 4 members (excludes halogenated alkanes) is 29. The second-order valence-corrected chi connectivity index (χ2v) is 17.1. The van der Waals surface area contributed by atoms with Gasteiger partial charge in [0.1, 0.15) is 0 Å². The lowest BCUT2D eigenvalue weighted by molar-refractivity contribution is -0.143. The summed E-state index contributed by atoms with van der Waals surface area (Å²) in [4.78, 5) is 24.4. The number of rotatable bonds is 46. The molecule has 0 bridgehead atoms. The summed E-state index contributed by atoms with van der Waals surface area (Å²) in [5.41, 5.74) is 0. The molecule has 59 heavy (non-hydrogen) atoms. The van der Waals surface area contributed by atoms with Gasteiger partial charge in [0.05, 0.1) is 25.4 Å². The van der Waals surface area contributed by atoms with E-state index < -0.39 is 12.1 Å². The lowest BCUT2D eigenvalue weighted by Crippen LogP contribution is -2.45. The highest BCUT2D eigenvalue weighted by Gasteiger charge is 2.18. The number of carbonyl (C=O) groups excluding carboxylic acids is 2. The summed E-state index contributed by atoms with van der Waals surface area (Å²) < 4.78 is 5.46. The van der Waals surface area contributed by atoms with Crippen molar-refractivity contribution in [2.75, 3.05) is 13.2 Å². The van der Waals surface area contributed by atoms with Crippen LogP contribution < -0.4 is 5.32 Å². The van der Waals surface area contributed by atoms with Crippen molar-refractivity contribution < 1.29 is 24.5 Å². The fourth-order valence-corrected chi connectivity index (χ4v) is 7.36. The molecular formula is C53H97NO5. The van der Waals surface area contributed by atoms with Crippen molar-refractivity contribution in [1.82, 2.24) is 5.32 Å². The molecule has 0 aromatic heterocycles. The number of esters is 1. The standard InChI is InChI=1S/C53H97NO5/c1-3-5-7-9-11-13-15-16-17-18-19-20-21-24-27-31-35-39-43-47-53(58)59-48-44-40-36-32-28-25-22-23-26-30-34-38-42-46-52(57)54-50(49-55)51(56)45-41-37-33-29-14-12-10-8-6-4-2/h11,13,16-17,23,26,41,45,50-51,55-56H,3-10,12,14-15,18-22,24-25,27-40,42-44,46-49H2,1-2H3,(H,54,57)/b13-11-,17-16-,26-23-,45-41+. The van der Waals surface area contributed by atoms with Gasteiger partial charge in [-0.3, -0.25) is 9.59 Å². The Morgan fingerprint density at radius 3 is 1.36 bits per heavy atom. The molecule has 0 aliphatic heterocycles. The van der Waals surface area contributed by atoms with Crippen LogP contribution in [0.25, 0.3) is 0 Å². The molecule has 0 aromatic carbocycles. The Balaban J connectivity index is 3.50. The third-order valence-electron chi connectivity index (χ3n) is 11.3.